The van der Waals surface area contributed by atoms with Crippen LogP contribution < -0.4 is 5.32 Å². The molecule has 4 nitrogen and oxygen atoms in total. The van der Waals surface area contributed by atoms with Crippen molar-refractivity contribution in [3.8, 4) is 0 Å². The van der Waals surface area contributed by atoms with Crippen LogP contribution in [0.2, 0.25) is 0 Å². The standard InChI is InChI=1S/C9H8N4/c1-2-4-8(5-3-1)12-9-10-6-7-11-13-9/h1-7H,(H,10,12,13). The molecule has 4 heteroatoms. The van der Waals surface area contributed by atoms with Crippen molar-refractivity contribution in [2.45, 2.75) is 0 Å². The van der Waals surface area contributed by atoms with E-state index in [2.05, 4.69) is 20.5 Å². The van der Waals surface area contributed by atoms with Gasteiger partial charge in [-0.05, 0) is 12.1 Å². The zero-order valence-corrected chi connectivity index (χ0v) is 6.88. The zero-order chi connectivity index (χ0) is 8.93. The fourth-order valence-corrected chi connectivity index (χ4v) is 0.955. The molecule has 0 amide bonds. The van der Waals surface area contributed by atoms with E-state index in [1.807, 2.05) is 30.3 Å². The number of aromatic nitrogens is 3. The maximum atomic E-state index is 3.99. The summed E-state index contributed by atoms with van der Waals surface area (Å²) < 4.78 is 0. The number of hydrogen-bond donors (Lipinski definition) is 1. The van der Waals surface area contributed by atoms with Crippen LogP contribution in [-0.2, 0) is 0 Å². The average Bonchev–Trinajstić information content (AvgIpc) is 2.21. The lowest BCUT2D eigenvalue weighted by Gasteiger charge is -2.01. The molecule has 0 spiro atoms. The van der Waals surface area contributed by atoms with E-state index in [-0.39, 0.29) is 0 Å². The molecular weight excluding hydrogens is 164 g/mol. The molecule has 0 fully saturated rings. The first-order valence-electron chi connectivity index (χ1n) is 3.91. The van der Waals surface area contributed by atoms with Gasteiger partial charge < -0.3 is 5.32 Å². The SMILES string of the molecule is c1ccc(Nc2nccnn2)cc1. The second-order valence-electron chi connectivity index (χ2n) is 2.46. The molecule has 1 N–H and O–H groups in total. The second kappa shape index (κ2) is 3.62. The Morgan fingerprint density at radius 1 is 1.00 bits per heavy atom. The van der Waals surface area contributed by atoms with Gasteiger partial charge >= 0.3 is 0 Å². The fourth-order valence-electron chi connectivity index (χ4n) is 0.955. The number of para-hydroxylation sites is 1. The van der Waals surface area contributed by atoms with Crippen molar-refractivity contribution in [1.82, 2.24) is 15.2 Å². The number of hydrogen-bond acceptors (Lipinski definition) is 4. The van der Waals surface area contributed by atoms with Crippen LogP contribution in [0.15, 0.2) is 42.7 Å². The van der Waals surface area contributed by atoms with Crippen molar-refractivity contribution in [3.63, 3.8) is 0 Å². The van der Waals surface area contributed by atoms with E-state index in [4.69, 9.17) is 0 Å². The highest BCUT2D eigenvalue weighted by molar-refractivity contribution is 5.51. The smallest absolute Gasteiger partial charge is 0.247 e. The topological polar surface area (TPSA) is 50.7 Å². The Kier molecular flexibility index (Phi) is 2.14. The highest BCUT2D eigenvalue weighted by Gasteiger charge is 1.93. The van der Waals surface area contributed by atoms with Gasteiger partial charge in [-0.25, -0.2) is 4.98 Å². The Hall–Kier alpha value is -1.97. The van der Waals surface area contributed by atoms with Crippen molar-refractivity contribution in [3.05, 3.63) is 42.7 Å². The number of nitrogens with zero attached hydrogens (tertiary/aromatic N) is 3. The third-order valence-corrected chi connectivity index (χ3v) is 1.51. The molecule has 1 aromatic heterocycles. The molecule has 1 aromatic carbocycles. The van der Waals surface area contributed by atoms with Gasteiger partial charge in [-0.1, -0.05) is 18.2 Å². The van der Waals surface area contributed by atoms with Crippen LogP contribution in [0.3, 0.4) is 0 Å². The summed E-state index contributed by atoms with van der Waals surface area (Å²) in [5, 5.41) is 10.5. The highest BCUT2D eigenvalue weighted by atomic mass is 15.2. The molecule has 0 aliphatic rings. The van der Waals surface area contributed by atoms with Gasteiger partial charge in [0.2, 0.25) is 5.95 Å². The minimum atomic E-state index is 0.508. The van der Waals surface area contributed by atoms with Gasteiger partial charge in [-0.3, -0.25) is 0 Å². The van der Waals surface area contributed by atoms with Crippen LogP contribution in [0.4, 0.5) is 11.6 Å². The van der Waals surface area contributed by atoms with Gasteiger partial charge in [0, 0.05) is 5.69 Å². The van der Waals surface area contributed by atoms with E-state index in [0.29, 0.717) is 5.95 Å². The quantitative estimate of drug-likeness (QED) is 0.747. The van der Waals surface area contributed by atoms with Gasteiger partial charge in [0.15, 0.2) is 0 Å². The monoisotopic (exact) mass is 172 g/mol. The third-order valence-electron chi connectivity index (χ3n) is 1.51. The molecule has 0 atom stereocenters. The molecule has 0 radical (unpaired) electrons. The molecule has 0 unspecified atom stereocenters. The summed E-state index contributed by atoms with van der Waals surface area (Å²) in [6.45, 7) is 0. The lowest BCUT2D eigenvalue weighted by atomic mass is 10.3. The summed E-state index contributed by atoms with van der Waals surface area (Å²) in [4.78, 5) is 3.99. The van der Waals surface area contributed by atoms with Crippen LogP contribution >= 0.6 is 0 Å². The van der Waals surface area contributed by atoms with Crippen molar-refractivity contribution < 1.29 is 0 Å². The maximum absolute atomic E-state index is 3.99. The molecule has 1 heterocycles. The number of anilines is 2. The second-order valence-corrected chi connectivity index (χ2v) is 2.46. The maximum Gasteiger partial charge on any atom is 0.247 e. The lowest BCUT2D eigenvalue weighted by molar-refractivity contribution is 0.978. The summed E-state index contributed by atoms with van der Waals surface area (Å²) in [6, 6.07) is 9.72. The minimum Gasteiger partial charge on any atom is -0.323 e. The summed E-state index contributed by atoms with van der Waals surface area (Å²) in [5.41, 5.74) is 0.954. The van der Waals surface area contributed by atoms with E-state index in [9.17, 15) is 0 Å². The Morgan fingerprint density at radius 3 is 2.54 bits per heavy atom. The largest absolute Gasteiger partial charge is 0.323 e. The van der Waals surface area contributed by atoms with Crippen molar-refractivity contribution in [2.24, 2.45) is 0 Å². The van der Waals surface area contributed by atoms with Crippen LogP contribution in [0.5, 0.6) is 0 Å². The van der Waals surface area contributed by atoms with Crippen molar-refractivity contribution in [1.29, 1.82) is 0 Å². The molecule has 64 valence electrons. The lowest BCUT2D eigenvalue weighted by Crippen LogP contribution is -1.96. The zero-order valence-electron chi connectivity index (χ0n) is 6.88. The molecular formula is C9H8N4. The van der Waals surface area contributed by atoms with Gasteiger partial charge in [0.1, 0.15) is 0 Å². The van der Waals surface area contributed by atoms with Crippen molar-refractivity contribution in [2.75, 3.05) is 5.32 Å². The molecule has 2 aromatic rings. The Labute approximate surface area is 75.7 Å². The molecule has 13 heavy (non-hydrogen) atoms. The number of benzene rings is 1. The van der Waals surface area contributed by atoms with Crippen LogP contribution in [0, 0.1) is 0 Å². The summed E-state index contributed by atoms with van der Waals surface area (Å²) in [7, 11) is 0. The summed E-state index contributed by atoms with van der Waals surface area (Å²) in [6.07, 6.45) is 3.13. The molecule has 0 aliphatic carbocycles. The van der Waals surface area contributed by atoms with E-state index >= 15 is 0 Å². The van der Waals surface area contributed by atoms with E-state index in [1.54, 1.807) is 6.20 Å². The Bertz CT molecular complexity index is 322. The molecule has 0 aliphatic heterocycles. The number of nitrogens with one attached hydrogen (secondary N) is 1. The number of rotatable bonds is 2. The van der Waals surface area contributed by atoms with E-state index in [0.717, 1.165) is 5.69 Å². The van der Waals surface area contributed by atoms with Gasteiger partial charge in [-0.2, -0.15) is 5.10 Å². The van der Waals surface area contributed by atoms with Crippen LogP contribution in [-0.4, -0.2) is 15.2 Å². The van der Waals surface area contributed by atoms with Gasteiger partial charge in [0.25, 0.3) is 0 Å². The van der Waals surface area contributed by atoms with Crippen LogP contribution in [0.25, 0.3) is 0 Å². The molecule has 0 saturated carbocycles. The van der Waals surface area contributed by atoms with Crippen LogP contribution in [0.1, 0.15) is 0 Å². The molecule has 2 rings (SSSR count). The Balaban J connectivity index is 2.16. The predicted molar refractivity (Wildman–Crippen MR) is 49.6 cm³/mol. The first kappa shape index (κ1) is 7.67. The van der Waals surface area contributed by atoms with E-state index < -0.39 is 0 Å². The van der Waals surface area contributed by atoms with Gasteiger partial charge in [-0.15, -0.1) is 5.10 Å². The summed E-state index contributed by atoms with van der Waals surface area (Å²) in [5.74, 6) is 0.508. The highest BCUT2D eigenvalue weighted by Crippen LogP contribution is 2.09. The third kappa shape index (κ3) is 1.99. The van der Waals surface area contributed by atoms with Gasteiger partial charge in [0.05, 0.1) is 12.4 Å². The fraction of sp³-hybridized carbons (Fsp3) is 0. The van der Waals surface area contributed by atoms with E-state index in [1.165, 1.54) is 6.20 Å². The molecule has 0 saturated heterocycles. The summed E-state index contributed by atoms with van der Waals surface area (Å²) >= 11 is 0. The average molecular weight is 172 g/mol. The normalized spacial score (nSPS) is 9.54. The first-order chi connectivity index (χ1) is 6.45. The molecule has 0 bridgehead atoms. The minimum absolute atomic E-state index is 0.508. The van der Waals surface area contributed by atoms with Crippen molar-refractivity contribution >= 4 is 11.6 Å². The predicted octanol–water partition coefficient (Wildman–Crippen LogP) is 1.62. The Morgan fingerprint density at radius 2 is 1.85 bits per heavy atom. The first-order valence-corrected chi connectivity index (χ1v) is 3.91.